The van der Waals surface area contributed by atoms with Crippen LogP contribution in [0.4, 0.5) is 0 Å². The summed E-state index contributed by atoms with van der Waals surface area (Å²) < 4.78 is 20.0. The predicted octanol–water partition coefficient (Wildman–Crippen LogP) is 6.11. The van der Waals surface area contributed by atoms with Crippen molar-refractivity contribution >= 4 is 50.9 Å². The van der Waals surface area contributed by atoms with Crippen molar-refractivity contribution in [3.05, 3.63) is 123 Å². The van der Waals surface area contributed by atoms with Crippen LogP contribution in [0.15, 0.2) is 86.2 Å². The molecule has 5 rings (SSSR count). The number of carbonyl (C=O) groups is 1. The first-order valence-corrected chi connectivity index (χ1v) is 15.2. The Hall–Kier alpha value is -3.66. The number of aromatic nitrogens is 1. The van der Waals surface area contributed by atoms with Gasteiger partial charge in [-0.1, -0.05) is 80.8 Å². The summed E-state index contributed by atoms with van der Waals surface area (Å²) in [6, 6.07) is 18.2. The summed E-state index contributed by atoms with van der Waals surface area (Å²) in [6.07, 6.45) is 1.77. The minimum atomic E-state index is -0.680. The van der Waals surface area contributed by atoms with Crippen molar-refractivity contribution in [1.82, 2.24) is 4.57 Å². The SMILES string of the molecule is CCOC(=O)C1=C(C)N=c2s/c(=C\c3cc(Br)cc(OC)c3OCc3ccc(Cl)cc3)c(=O)n2[C@H]1c1ccc(C)cc1. The lowest BCUT2D eigenvalue weighted by Gasteiger charge is -2.24. The van der Waals surface area contributed by atoms with Crippen molar-refractivity contribution in [3.63, 3.8) is 0 Å². The largest absolute Gasteiger partial charge is 0.493 e. The number of hydrogen-bond donors (Lipinski definition) is 0. The minimum Gasteiger partial charge on any atom is -0.493 e. The summed E-state index contributed by atoms with van der Waals surface area (Å²) in [6.45, 7) is 5.99. The average Bonchev–Trinajstić information content (AvgIpc) is 3.26. The molecule has 7 nitrogen and oxygen atoms in total. The van der Waals surface area contributed by atoms with E-state index in [-0.39, 0.29) is 18.8 Å². The van der Waals surface area contributed by atoms with Crippen LogP contribution in [-0.2, 0) is 16.1 Å². The molecule has 0 fully saturated rings. The zero-order chi connectivity index (χ0) is 30.0. The molecule has 0 radical (unpaired) electrons. The third kappa shape index (κ3) is 6.09. The van der Waals surface area contributed by atoms with Crippen molar-refractivity contribution in [2.24, 2.45) is 4.99 Å². The van der Waals surface area contributed by atoms with Crippen LogP contribution in [0.5, 0.6) is 11.5 Å². The Labute approximate surface area is 260 Å². The number of aryl methyl sites for hydroxylation is 1. The lowest BCUT2D eigenvalue weighted by molar-refractivity contribution is -0.139. The van der Waals surface area contributed by atoms with Gasteiger partial charge in [0.25, 0.3) is 5.56 Å². The van der Waals surface area contributed by atoms with Crippen molar-refractivity contribution in [1.29, 1.82) is 0 Å². The molecule has 10 heteroatoms. The Morgan fingerprint density at radius 1 is 1.12 bits per heavy atom. The first-order valence-electron chi connectivity index (χ1n) is 13.2. The van der Waals surface area contributed by atoms with Gasteiger partial charge in [-0.15, -0.1) is 0 Å². The fourth-order valence-electron chi connectivity index (χ4n) is 4.74. The van der Waals surface area contributed by atoms with Crippen molar-refractivity contribution in [3.8, 4) is 11.5 Å². The maximum atomic E-state index is 14.1. The van der Waals surface area contributed by atoms with E-state index in [1.54, 1.807) is 43.7 Å². The highest BCUT2D eigenvalue weighted by molar-refractivity contribution is 9.10. The Morgan fingerprint density at radius 3 is 2.50 bits per heavy atom. The van der Waals surface area contributed by atoms with Gasteiger partial charge in [-0.2, -0.15) is 0 Å². The number of thiazole rings is 1. The Kier molecular flexibility index (Phi) is 9.01. The third-order valence-electron chi connectivity index (χ3n) is 6.76. The van der Waals surface area contributed by atoms with Gasteiger partial charge in [0.1, 0.15) is 6.61 Å². The molecule has 1 aliphatic heterocycles. The second kappa shape index (κ2) is 12.7. The van der Waals surface area contributed by atoms with E-state index in [9.17, 15) is 9.59 Å². The molecule has 0 N–H and O–H groups in total. The van der Waals surface area contributed by atoms with Gasteiger partial charge in [0.2, 0.25) is 0 Å². The van der Waals surface area contributed by atoms with Gasteiger partial charge in [-0.05, 0) is 62.2 Å². The van der Waals surface area contributed by atoms with E-state index in [4.69, 9.17) is 25.8 Å². The highest BCUT2D eigenvalue weighted by Crippen LogP contribution is 2.36. The zero-order valence-corrected chi connectivity index (χ0v) is 26.6. The molecule has 3 aromatic carbocycles. The van der Waals surface area contributed by atoms with E-state index in [1.807, 2.05) is 55.5 Å². The number of carbonyl (C=O) groups excluding carboxylic acids is 1. The zero-order valence-electron chi connectivity index (χ0n) is 23.4. The molecular formula is C32H28BrClN2O5S. The van der Waals surface area contributed by atoms with Crippen LogP contribution in [0.25, 0.3) is 6.08 Å². The molecule has 0 saturated heterocycles. The smallest absolute Gasteiger partial charge is 0.338 e. The predicted molar refractivity (Wildman–Crippen MR) is 168 cm³/mol. The first kappa shape index (κ1) is 29.8. The van der Waals surface area contributed by atoms with Crippen LogP contribution < -0.4 is 24.4 Å². The van der Waals surface area contributed by atoms with Gasteiger partial charge in [0.15, 0.2) is 16.3 Å². The summed E-state index contributed by atoms with van der Waals surface area (Å²) in [5.41, 5.74) is 4.02. The molecular weight excluding hydrogens is 640 g/mol. The van der Waals surface area contributed by atoms with Crippen molar-refractivity contribution in [2.75, 3.05) is 13.7 Å². The summed E-state index contributed by atoms with van der Waals surface area (Å²) in [5.74, 6) is 0.503. The van der Waals surface area contributed by atoms with Gasteiger partial charge in [0, 0.05) is 15.1 Å². The number of esters is 1. The van der Waals surface area contributed by atoms with Crippen molar-refractivity contribution < 1.29 is 19.0 Å². The second-order valence-electron chi connectivity index (χ2n) is 9.65. The van der Waals surface area contributed by atoms with Gasteiger partial charge in [-0.25, -0.2) is 9.79 Å². The molecule has 1 aliphatic rings. The van der Waals surface area contributed by atoms with E-state index in [0.717, 1.165) is 21.2 Å². The summed E-state index contributed by atoms with van der Waals surface area (Å²) in [5, 5.41) is 0.640. The molecule has 0 unspecified atom stereocenters. The molecule has 0 spiro atoms. The number of fused-ring (bicyclic) bond motifs is 1. The molecule has 216 valence electrons. The summed E-state index contributed by atoms with van der Waals surface area (Å²) in [4.78, 5) is 32.4. The Bertz CT molecular complexity index is 1860. The molecule has 0 aliphatic carbocycles. The quantitative estimate of drug-likeness (QED) is 0.212. The monoisotopic (exact) mass is 666 g/mol. The fourth-order valence-corrected chi connectivity index (χ4v) is 6.35. The highest BCUT2D eigenvalue weighted by Gasteiger charge is 2.33. The average molecular weight is 668 g/mol. The van der Waals surface area contributed by atoms with Crippen LogP contribution in [0.2, 0.25) is 5.02 Å². The number of allylic oxidation sites excluding steroid dienone is 1. The molecule has 1 atom stereocenters. The van der Waals surface area contributed by atoms with Crippen LogP contribution in [0, 0.1) is 6.92 Å². The third-order valence-corrected chi connectivity index (χ3v) is 8.45. The van der Waals surface area contributed by atoms with Crippen LogP contribution in [0.1, 0.15) is 42.1 Å². The van der Waals surface area contributed by atoms with E-state index in [2.05, 4.69) is 20.9 Å². The number of rotatable bonds is 8. The van der Waals surface area contributed by atoms with Gasteiger partial charge >= 0.3 is 5.97 Å². The number of nitrogens with zero attached hydrogens (tertiary/aromatic N) is 2. The first-order chi connectivity index (χ1) is 20.2. The normalized spacial score (nSPS) is 14.8. The van der Waals surface area contributed by atoms with Crippen LogP contribution in [0.3, 0.4) is 0 Å². The van der Waals surface area contributed by atoms with Crippen LogP contribution in [-0.4, -0.2) is 24.3 Å². The van der Waals surface area contributed by atoms with Crippen molar-refractivity contribution in [2.45, 2.75) is 33.4 Å². The fraction of sp³-hybridized carbons (Fsp3) is 0.219. The van der Waals surface area contributed by atoms with Crippen LogP contribution >= 0.6 is 38.9 Å². The number of methoxy groups -OCH3 is 1. The number of halogens is 2. The highest BCUT2D eigenvalue weighted by atomic mass is 79.9. The maximum absolute atomic E-state index is 14.1. The molecule has 42 heavy (non-hydrogen) atoms. The number of ether oxygens (including phenoxy) is 3. The molecule has 0 saturated carbocycles. The minimum absolute atomic E-state index is 0.212. The lowest BCUT2D eigenvalue weighted by Crippen LogP contribution is -2.39. The molecule has 1 aromatic heterocycles. The van der Waals surface area contributed by atoms with Gasteiger partial charge in [-0.3, -0.25) is 9.36 Å². The van der Waals surface area contributed by atoms with E-state index in [0.29, 0.717) is 42.7 Å². The van der Waals surface area contributed by atoms with Gasteiger partial charge < -0.3 is 14.2 Å². The van der Waals surface area contributed by atoms with E-state index in [1.165, 1.54) is 11.3 Å². The summed E-state index contributed by atoms with van der Waals surface area (Å²) in [7, 11) is 1.57. The Balaban J connectivity index is 1.66. The Morgan fingerprint density at radius 2 is 1.83 bits per heavy atom. The topological polar surface area (TPSA) is 79.1 Å². The number of hydrogen-bond acceptors (Lipinski definition) is 7. The lowest BCUT2D eigenvalue weighted by atomic mass is 9.95. The summed E-state index contributed by atoms with van der Waals surface area (Å²) >= 11 is 10.8. The van der Waals surface area contributed by atoms with Gasteiger partial charge in [0.05, 0.1) is 35.6 Å². The second-order valence-corrected chi connectivity index (χ2v) is 12.0. The van der Waals surface area contributed by atoms with E-state index >= 15 is 0 Å². The number of benzene rings is 3. The molecule has 2 heterocycles. The molecule has 0 amide bonds. The molecule has 4 aromatic rings. The maximum Gasteiger partial charge on any atom is 0.338 e. The standard InChI is InChI=1S/C32H28BrClN2O5S/c1-5-40-31(38)27-19(3)35-32-36(28(27)21-10-6-18(2)7-11-21)30(37)26(42-32)15-22-14-23(33)16-25(39-4)29(22)41-17-20-8-12-24(34)13-9-20/h6-16,28H,5,17H2,1-4H3/b26-15-/t28-/m0/s1. The molecule has 0 bridgehead atoms. The van der Waals surface area contributed by atoms with E-state index < -0.39 is 12.0 Å².